The number of nitro benzene ring substituents is 1. The molecule has 0 unspecified atom stereocenters. The summed E-state index contributed by atoms with van der Waals surface area (Å²) in [6.07, 6.45) is 0. The number of rotatable bonds is 4. The van der Waals surface area contributed by atoms with Gasteiger partial charge >= 0.3 is 6.03 Å². The molecule has 5 aromatic rings. The number of nitrogens with zero attached hydrogens (tertiary/aromatic N) is 1. The first-order valence-electron chi connectivity index (χ1n) is 10.7. The molecule has 162 valence electrons. The van der Waals surface area contributed by atoms with Gasteiger partial charge in [0, 0.05) is 17.8 Å². The Hall–Kier alpha value is -4.45. The predicted octanol–water partition coefficient (Wildman–Crippen LogP) is 6.94. The number of amides is 2. The Kier molecular flexibility index (Phi) is 5.11. The quantitative estimate of drug-likeness (QED) is 0.182. The molecule has 0 aliphatic rings. The van der Waals surface area contributed by atoms with Gasteiger partial charge in [0.15, 0.2) is 0 Å². The van der Waals surface area contributed by atoms with Gasteiger partial charge < -0.3 is 10.6 Å². The van der Waals surface area contributed by atoms with Gasteiger partial charge in [-0.2, -0.15) is 0 Å². The number of hydrogen-bond acceptors (Lipinski definition) is 3. The lowest BCUT2D eigenvalue weighted by Gasteiger charge is -2.17. The van der Waals surface area contributed by atoms with Crippen LogP contribution in [0.3, 0.4) is 0 Å². The fraction of sp³-hybridized carbons (Fsp3) is 0.0741. The highest BCUT2D eigenvalue weighted by Crippen LogP contribution is 2.30. The van der Waals surface area contributed by atoms with Crippen LogP contribution in [0, 0.1) is 10.1 Å². The number of nitrogens with one attached hydrogen (secondary N) is 2. The SMILES string of the molecule is C[C@@H](NC(=O)Nc1ccc2c(ccc3cc([N+](=O)[O-])ccc32)c1)c1cccc2ccccc12. The molecule has 0 heterocycles. The van der Waals surface area contributed by atoms with Crippen LogP contribution in [0.15, 0.2) is 91.0 Å². The minimum Gasteiger partial charge on any atom is -0.331 e. The number of hydrogen-bond donors (Lipinski definition) is 2. The predicted molar refractivity (Wildman–Crippen MR) is 133 cm³/mol. The number of nitro groups is 1. The van der Waals surface area contributed by atoms with Crippen molar-refractivity contribution in [3.63, 3.8) is 0 Å². The fourth-order valence-electron chi connectivity index (χ4n) is 4.32. The second-order valence-corrected chi connectivity index (χ2v) is 8.05. The first-order valence-corrected chi connectivity index (χ1v) is 10.7. The summed E-state index contributed by atoms with van der Waals surface area (Å²) in [5.41, 5.74) is 1.80. The van der Waals surface area contributed by atoms with Crippen molar-refractivity contribution in [2.45, 2.75) is 13.0 Å². The standard InChI is InChI=1S/C27H21N3O3/c1-17(23-8-4-6-18-5-2-3-7-24(18)23)28-27(31)29-21-11-13-25-19(15-21)9-10-20-16-22(30(32)33)12-14-26(20)25/h2-17H,1H3,(H2,28,29,31)/t17-/m1/s1. The number of non-ortho nitro benzene ring substituents is 1. The smallest absolute Gasteiger partial charge is 0.319 e. The Labute approximate surface area is 190 Å². The number of fused-ring (bicyclic) bond motifs is 4. The molecule has 0 aliphatic carbocycles. The molecule has 6 nitrogen and oxygen atoms in total. The van der Waals surface area contributed by atoms with Crippen molar-refractivity contribution in [1.82, 2.24) is 5.32 Å². The van der Waals surface area contributed by atoms with Crippen LogP contribution >= 0.6 is 0 Å². The average molecular weight is 435 g/mol. The van der Waals surface area contributed by atoms with E-state index < -0.39 is 4.92 Å². The van der Waals surface area contributed by atoms with Crippen LogP contribution in [-0.4, -0.2) is 11.0 Å². The van der Waals surface area contributed by atoms with E-state index in [-0.39, 0.29) is 17.8 Å². The van der Waals surface area contributed by atoms with Gasteiger partial charge in [0.1, 0.15) is 0 Å². The van der Waals surface area contributed by atoms with E-state index in [0.29, 0.717) is 5.69 Å². The minimum absolute atomic E-state index is 0.0668. The second-order valence-electron chi connectivity index (χ2n) is 8.05. The Morgan fingerprint density at radius 3 is 2.27 bits per heavy atom. The van der Waals surface area contributed by atoms with Gasteiger partial charge in [-0.1, -0.05) is 60.7 Å². The highest BCUT2D eigenvalue weighted by Gasteiger charge is 2.13. The van der Waals surface area contributed by atoms with Gasteiger partial charge in [-0.3, -0.25) is 10.1 Å². The summed E-state index contributed by atoms with van der Waals surface area (Å²) in [5.74, 6) is 0. The van der Waals surface area contributed by atoms with Crippen LogP contribution in [0.4, 0.5) is 16.2 Å². The number of benzene rings is 5. The topological polar surface area (TPSA) is 84.3 Å². The summed E-state index contributed by atoms with van der Waals surface area (Å²) in [7, 11) is 0. The molecule has 0 saturated carbocycles. The van der Waals surface area contributed by atoms with E-state index in [9.17, 15) is 14.9 Å². The number of carbonyl (C=O) groups excluding carboxylic acids is 1. The zero-order chi connectivity index (χ0) is 22.9. The van der Waals surface area contributed by atoms with Gasteiger partial charge in [0.2, 0.25) is 0 Å². The molecular weight excluding hydrogens is 414 g/mol. The van der Waals surface area contributed by atoms with Crippen LogP contribution in [0.25, 0.3) is 32.3 Å². The molecule has 1 atom stereocenters. The van der Waals surface area contributed by atoms with Crippen molar-refractivity contribution in [2.75, 3.05) is 5.32 Å². The zero-order valence-electron chi connectivity index (χ0n) is 17.9. The van der Waals surface area contributed by atoms with Crippen LogP contribution in [0.2, 0.25) is 0 Å². The summed E-state index contributed by atoms with van der Waals surface area (Å²) < 4.78 is 0. The van der Waals surface area contributed by atoms with E-state index >= 15 is 0 Å². The first kappa shape index (κ1) is 20.5. The molecule has 0 saturated heterocycles. The van der Waals surface area contributed by atoms with Crippen LogP contribution in [0.1, 0.15) is 18.5 Å². The van der Waals surface area contributed by atoms with E-state index in [1.54, 1.807) is 12.1 Å². The van der Waals surface area contributed by atoms with Crippen molar-refractivity contribution in [2.24, 2.45) is 0 Å². The molecule has 6 heteroatoms. The Bertz CT molecular complexity index is 1540. The van der Waals surface area contributed by atoms with Gasteiger partial charge in [-0.25, -0.2) is 4.79 Å². The lowest BCUT2D eigenvalue weighted by molar-refractivity contribution is -0.384. The van der Waals surface area contributed by atoms with Crippen molar-refractivity contribution in [3.8, 4) is 0 Å². The van der Waals surface area contributed by atoms with Gasteiger partial charge in [0.05, 0.1) is 11.0 Å². The van der Waals surface area contributed by atoms with Crippen molar-refractivity contribution in [3.05, 3.63) is 107 Å². The monoisotopic (exact) mass is 435 g/mol. The highest BCUT2D eigenvalue weighted by atomic mass is 16.6. The molecule has 33 heavy (non-hydrogen) atoms. The normalized spacial score (nSPS) is 12.0. The zero-order valence-corrected chi connectivity index (χ0v) is 17.9. The van der Waals surface area contributed by atoms with Crippen molar-refractivity contribution >= 4 is 49.7 Å². The Balaban J connectivity index is 1.37. The van der Waals surface area contributed by atoms with Crippen molar-refractivity contribution < 1.29 is 9.72 Å². The molecule has 5 aromatic carbocycles. The molecule has 0 spiro atoms. The van der Waals surface area contributed by atoms with E-state index in [1.807, 2.05) is 61.5 Å². The van der Waals surface area contributed by atoms with Crippen molar-refractivity contribution in [1.29, 1.82) is 0 Å². The second kappa shape index (κ2) is 8.24. The molecule has 2 amide bonds. The molecule has 0 aliphatic heterocycles. The first-order chi connectivity index (χ1) is 16.0. The lowest BCUT2D eigenvalue weighted by Crippen LogP contribution is -2.31. The molecule has 0 fully saturated rings. The van der Waals surface area contributed by atoms with Gasteiger partial charge in [-0.05, 0) is 63.0 Å². The largest absolute Gasteiger partial charge is 0.331 e. The van der Waals surface area contributed by atoms with Crippen LogP contribution in [0.5, 0.6) is 0 Å². The number of anilines is 1. The molecule has 0 aromatic heterocycles. The molecule has 0 radical (unpaired) electrons. The summed E-state index contributed by atoms with van der Waals surface area (Å²) in [6, 6.07) is 28.0. The molecular formula is C27H21N3O3. The van der Waals surface area contributed by atoms with Gasteiger partial charge in [0.25, 0.3) is 5.69 Å². The summed E-state index contributed by atoms with van der Waals surface area (Å²) in [4.78, 5) is 23.3. The molecule has 0 bridgehead atoms. The van der Waals surface area contributed by atoms with E-state index in [2.05, 4.69) is 28.8 Å². The minimum atomic E-state index is -0.394. The van der Waals surface area contributed by atoms with E-state index in [4.69, 9.17) is 0 Å². The Morgan fingerprint density at radius 2 is 1.48 bits per heavy atom. The van der Waals surface area contributed by atoms with E-state index in [0.717, 1.165) is 37.9 Å². The highest BCUT2D eigenvalue weighted by molar-refractivity contribution is 6.09. The van der Waals surface area contributed by atoms with Crippen LogP contribution in [-0.2, 0) is 0 Å². The maximum atomic E-state index is 12.7. The third-order valence-electron chi connectivity index (χ3n) is 5.93. The number of urea groups is 1. The lowest BCUT2D eigenvalue weighted by atomic mass is 10.00. The summed E-state index contributed by atoms with van der Waals surface area (Å²) in [6.45, 7) is 1.97. The Morgan fingerprint density at radius 1 is 0.788 bits per heavy atom. The summed E-state index contributed by atoms with van der Waals surface area (Å²) in [5, 5.41) is 22.9. The van der Waals surface area contributed by atoms with E-state index in [1.165, 1.54) is 6.07 Å². The number of carbonyl (C=O) groups is 1. The third kappa shape index (κ3) is 3.94. The van der Waals surface area contributed by atoms with Crippen LogP contribution < -0.4 is 10.6 Å². The van der Waals surface area contributed by atoms with Gasteiger partial charge in [-0.15, -0.1) is 0 Å². The third-order valence-corrected chi connectivity index (χ3v) is 5.93. The summed E-state index contributed by atoms with van der Waals surface area (Å²) >= 11 is 0. The molecule has 2 N–H and O–H groups in total. The average Bonchev–Trinajstić information content (AvgIpc) is 2.82. The maximum Gasteiger partial charge on any atom is 0.319 e. The fourth-order valence-corrected chi connectivity index (χ4v) is 4.32. The molecule has 5 rings (SSSR count). The maximum absolute atomic E-state index is 12.7.